The van der Waals surface area contributed by atoms with Crippen molar-refractivity contribution in [2.75, 3.05) is 26.7 Å². The quantitative estimate of drug-likeness (QED) is 0.0210. The first-order valence-electron chi connectivity index (χ1n) is 30.8. The van der Waals surface area contributed by atoms with E-state index in [2.05, 4.69) is 73.7 Å². The van der Waals surface area contributed by atoms with Gasteiger partial charge in [0, 0.05) is 69.1 Å². The van der Waals surface area contributed by atoms with Gasteiger partial charge in [0.25, 0.3) is 5.89 Å². The van der Waals surface area contributed by atoms with E-state index in [9.17, 15) is 16.8 Å². The number of H-pyrrole nitrogens is 1. The molecule has 0 atom stereocenters. The Morgan fingerprint density at radius 3 is 1.47 bits per heavy atom. The number of sulfone groups is 2. The van der Waals surface area contributed by atoms with E-state index < -0.39 is 40.0 Å². The van der Waals surface area contributed by atoms with Crippen LogP contribution in [0.25, 0.3) is 67.4 Å². The van der Waals surface area contributed by atoms with Gasteiger partial charge in [0.2, 0.25) is 0 Å². The molecule has 25 heteroatoms. The molecule has 0 radical (unpaired) electrons. The molecule has 100 heavy (non-hydrogen) atoms. The normalized spacial score (nSPS) is 12.4. The lowest BCUT2D eigenvalue weighted by molar-refractivity contribution is -0.447. The van der Waals surface area contributed by atoms with Crippen LogP contribution in [-0.4, -0.2) is 82.5 Å². The topological polar surface area (TPSA) is 280 Å². The molecule has 4 heterocycles. The highest BCUT2D eigenvalue weighted by molar-refractivity contribution is 8.19. The molecular formula is C75H75N6O14S5+. The number of benzene rings is 8. The minimum Gasteiger partial charge on any atom is -0.334 e. The Labute approximate surface area is 591 Å². The van der Waals surface area contributed by atoms with Crippen molar-refractivity contribution in [3.05, 3.63) is 281 Å². The average Bonchev–Trinajstić information content (AvgIpc) is 0.859. The second-order valence-corrected chi connectivity index (χ2v) is 31.9. The van der Waals surface area contributed by atoms with Gasteiger partial charge in [0.15, 0.2) is 30.7 Å². The van der Waals surface area contributed by atoms with Crippen molar-refractivity contribution in [2.45, 2.75) is 72.6 Å². The summed E-state index contributed by atoms with van der Waals surface area (Å²) in [5, 5.41) is 14.0. The number of nitrogens with zero attached hydrogens (tertiary/aromatic N) is 5. The maximum atomic E-state index is 12.7. The number of fused-ring (bicyclic) bond motifs is 2. The molecular weight excluding hydrogens is 1370 g/mol. The molecule has 20 nitrogen and oxygen atoms in total. The molecule has 518 valence electrons. The maximum Gasteiger partial charge on any atom is 0.346 e. The molecule has 0 aliphatic rings. The minimum absolute atomic E-state index is 0.148. The van der Waals surface area contributed by atoms with E-state index in [0.717, 1.165) is 122 Å². The molecule has 0 saturated carbocycles. The van der Waals surface area contributed by atoms with Crippen LogP contribution in [0, 0.1) is 20.8 Å². The molecule has 0 unspecified atom stereocenters. The number of hydrogen-bond donors (Lipinski definition) is 3. The smallest absolute Gasteiger partial charge is 0.334 e. The highest BCUT2D eigenvalue weighted by Crippen LogP contribution is 2.43. The van der Waals surface area contributed by atoms with Crippen LogP contribution in [0.5, 0.6) is 0 Å². The maximum absolute atomic E-state index is 12.7. The zero-order valence-corrected chi connectivity index (χ0v) is 60.6. The molecule has 0 amide bonds. The van der Waals surface area contributed by atoms with Gasteiger partial charge < -0.3 is 18.2 Å². The van der Waals surface area contributed by atoms with Crippen LogP contribution in [-0.2, 0) is 52.6 Å². The summed E-state index contributed by atoms with van der Waals surface area (Å²) in [5.41, 5.74) is 13.1. The van der Waals surface area contributed by atoms with Crippen molar-refractivity contribution >= 4 is 99.7 Å². The first-order valence-corrected chi connectivity index (χ1v) is 37.6. The van der Waals surface area contributed by atoms with Crippen LogP contribution in [0.4, 0.5) is 0 Å². The van der Waals surface area contributed by atoms with Gasteiger partial charge in [-0.3, -0.25) is 9.97 Å². The lowest BCUT2D eigenvalue weighted by atomic mass is 9.92. The Bertz CT molecular complexity index is 5050. The Morgan fingerprint density at radius 2 is 1.01 bits per heavy atom. The van der Waals surface area contributed by atoms with Crippen molar-refractivity contribution in [2.24, 2.45) is 0 Å². The van der Waals surface area contributed by atoms with Gasteiger partial charge >= 0.3 is 11.7 Å². The van der Waals surface area contributed by atoms with Crippen LogP contribution in [0.3, 0.4) is 0 Å². The number of aryl methyl sites for hydroxylation is 3. The number of aromatic amines is 1. The largest absolute Gasteiger partial charge is 0.346 e. The summed E-state index contributed by atoms with van der Waals surface area (Å²) in [5.74, 6) is 2.18. The zero-order valence-electron chi connectivity index (χ0n) is 56.5. The highest BCUT2D eigenvalue weighted by Gasteiger charge is 2.35. The van der Waals surface area contributed by atoms with Crippen LogP contribution >= 0.6 is 35.0 Å². The second kappa shape index (κ2) is 33.4. The van der Waals surface area contributed by atoms with Crippen molar-refractivity contribution < 1.29 is 68.0 Å². The molecule has 0 aliphatic carbocycles. The Balaban J connectivity index is 0.000000181. The third-order valence-corrected chi connectivity index (χ3v) is 22.3. The Hall–Kier alpha value is -9.03. The van der Waals surface area contributed by atoms with Crippen LogP contribution < -0.4 is 4.98 Å². The fourth-order valence-electron chi connectivity index (χ4n) is 9.93. The number of aromatic nitrogens is 6. The molecule has 0 bridgehead atoms. The number of pyridine rings is 2. The summed E-state index contributed by atoms with van der Waals surface area (Å²) in [7, 11) is -7.41. The number of rotatable bonds is 20. The SMILES string of the molecule is COOOSc1ccccc1.COOSc1ccc(/C(=C\c2cccc(-c3cc(C(C)(C)S(C)(=O)=O)cc4cccnc34)c2)c2[nH+]c(C)no2)cc1.Cc1ccc(/C(=C\c2cccc(-c3cc(C(C)(C)S(C)(=O)=O)cc4cccnc34)c2)c2nc(C)no2)cc1.OS(O)(O)c1ccccc1. The van der Waals surface area contributed by atoms with Crippen molar-refractivity contribution in [1.29, 1.82) is 0 Å². The van der Waals surface area contributed by atoms with E-state index in [1.54, 1.807) is 65.2 Å². The monoisotopic (exact) mass is 1440 g/mol. The van der Waals surface area contributed by atoms with Crippen LogP contribution in [0.2, 0.25) is 0 Å². The summed E-state index contributed by atoms with van der Waals surface area (Å²) >= 11 is 2.22. The Morgan fingerprint density at radius 1 is 0.520 bits per heavy atom. The van der Waals surface area contributed by atoms with Gasteiger partial charge in [0.1, 0.15) is 10.9 Å². The minimum atomic E-state index is -3.50. The Kier molecular flexibility index (Phi) is 25.1. The van der Waals surface area contributed by atoms with Gasteiger partial charge in [-0.05, 0) is 183 Å². The van der Waals surface area contributed by atoms with Crippen LogP contribution in [0.15, 0.2) is 242 Å². The van der Waals surface area contributed by atoms with Crippen molar-refractivity contribution in [1.82, 2.24) is 25.3 Å². The first kappa shape index (κ1) is 75.2. The zero-order chi connectivity index (χ0) is 71.8. The fraction of sp³-hybridized carbons (Fsp3) is 0.173. The van der Waals surface area contributed by atoms with E-state index in [1.807, 2.05) is 178 Å². The van der Waals surface area contributed by atoms with E-state index >= 15 is 0 Å². The summed E-state index contributed by atoms with van der Waals surface area (Å²) < 4.78 is 95.3. The number of hydrogen-bond acceptors (Lipinski definition) is 21. The van der Waals surface area contributed by atoms with Crippen molar-refractivity contribution in [3.63, 3.8) is 0 Å². The number of nitrogens with one attached hydrogen (secondary N) is 1. The highest BCUT2D eigenvalue weighted by atomic mass is 32.3. The fourth-order valence-corrected chi connectivity index (χ4v) is 12.4. The van der Waals surface area contributed by atoms with Crippen LogP contribution in [0.1, 0.15) is 90.1 Å². The summed E-state index contributed by atoms with van der Waals surface area (Å²) in [4.78, 5) is 27.8. The van der Waals surface area contributed by atoms with Gasteiger partial charge in [-0.15, -0.1) is 4.33 Å². The van der Waals surface area contributed by atoms with Crippen molar-refractivity contribution in [3.8, 4) is 22.3 Å². The van der Waals surface area contributed by atoms with Gasteiger partial charge in [-0.2, -0.15) is 9.32 Å². The average molecular weight is 1440 g/mol. The molecule has 0 aliphatic heterocycles. The molecule has 0 spiro atoms. The standard InChI is InChI=1S/C31H29N3O5S2.C31H29N3O3S.C7H8O3S.C6H8O3S/c1-20-33-30(38-34-20)28(22-11-13-26(14-12-22)40-39-37-4)17-21-8-6-9-23(16-21)27-19-25(31(2,3)41(5,35)36)18-24-10-7-15-32-29(24)27;1-20-11-13-23(14-12-20)28(30-33-21(2)34-37-30)17-22-8-6-9-24(16-22)27-19-26(31(3,4)38(5,35)36)18-25-10-7-15-32-29(25)27;1-8-9-10-11-7-5-3-2-4-6-7;7-10(8,9)6-4-2-1-3-5-6/h6-19H,1-5H3;6-19H,1-5H3;2-6H,1H3;1-5,7-9H/p+1/b2*28-17+;;. The molecule has 12 rings (SSSR count). The predicted octanol–water partition coefficient (Wildman–Crippen LogP) is 17.7. The van der Waals surface area contributed by atoms with Gasteiger partial charge in [-0.1, -0.05) is 137 Å². The van der Waals surface area contributed by atoms with Gasteiger partial charge in [0.05, 0.1) is 69.3 Å². The van der Waals surface area contributed by atoms with E-state index in [-0.39, 0.29) is 4.90 Å². The molecule has 4 aromatic heterocycles. The second-order valence-electron chi connectivity index (χ2n) is 23.7. The predicted molar refractivity (Wildman–Crippen MR) is 394 cm³/mol. The first-order chi connectivity index (χ1) is 47.6. The summed E-state index contributed by atoms with van der Waals surface area (Å²) in [6.07, 6.45) is 10.1. The third-order valence-electron chi connectivity index (χ3n) is 16.0. The molecule has 8 aromatic carbocycles. The van der Waals surface area contributed by atoms with E-state index in [4.69, 9.17) is 27.0 Å². The molecule has 12 aromatic rings. The summed E-state index contributed by atoms with van der Waals surface area (Å²) in [6, 6.07) is 64.9. The molecule has 0 fully saturated rings. The third kappa shape index (κ3) is 19.5. The van der Waals surface area contributed by atoms with Gasteiger partial charge in [-0.25, -0.2) is 36.1 Å². The lowest BCUT2D eigenvalue weighted by Crippen LogP contribution is -2.28. The lowest BCUT2D eigenvalue weighted by Gasteiger charge is -2.24. The summed E-state index contributed by atoms with van der Waals surface area (Å²) in [6.45, 7) is 12.6. The van der Waals surface area contributed by atoms with E-state index in [1.165, 1.54) is 38.9 Å². The molecule has 4 N–H and O–H groups in total. The molecule has 0 saturated heterocycles. The van der Waals surface area contributed by atoms with E-state index in [0.29, 0.717) is 29.0 Å².